The van der Waals surface area contributed by atoms with Gasteiger partial charge in [-0.05, 0) is 12.1 Å². The van der Waals surface area contributed by atoms with E-state index in [1.807, 2.05) is 0 Å². The van der Waals surface area contributed by atoms with Crippen molar-refractivity contribution in [3.63, 3.8) is 0 Å². The molecule has 0 aliphatic carbocycles. The molecule has 0 unspecified atom stereocenters. The summed E-state index contributed by atoms with van der Waals surface area (Å²) >= 11 is 0. The van der Waals surface area contributed by atoms with Crippen molar-refractivity contribution in [3.8, 4) is 0 Å². The largest absolute Gasteiger partial charge is 0.502 e. The molecule has 0 aliphatic rings. The van der Waals surface area contributed by atoms with Gasteiger partial charge in [-0.2, -0.15) is 13.2 Å². The van der Waals surface area contributed by atoms with Gasteiger partial charge in [0.2, 0.25) is 0 Å². The minimum atomic E-state index is -5.39. The summed E-state index contributed by atoms with van der Waals surface area (Å²) in [6.07, 6.45) is 1.10. The van der Waals surface area contributed by atoms with Gasteiger partial charge in [0.25, 0.3) is 9.84 Å². The van der Waals surface area contributed by atoms with Crippen LogP contribution in [0.3, 0.4) is 0 Å². The lowest BCUT2D eigenvalue weighted by Gasteiger charge is -2.08. The topological polar surface area (TPSA) is 73.0 Å². The van der Waals surface area contributed by atoms with Crippen LogP contribution in [0.15, 0.2) is 23.2 Å². The minimum Gasteiger partial charge on any atom is -0.383 e. The molecule has 0 aliphatic heterocycles. The van der Waals surface area contributed by atoms with Crippen molar-refractivity contribution in [3.05, 3.63) is 18.3 Å². The number of alkyl halides is 3. The van der Waals surface area contributed by atoms with Crippen molar-refractivity contribution < 1.29 is 21.6 Å². The highest BCUT2D eigenvalue weighted by Gasteiger charge is 2.48. The van der Waals surface area contributed by atoms with E-state index in [9.17, 15) is 21.6 Å². The van der Waals surface area contributed by atoms with Gasteiger partial charge in [-0.25, -0.2) is 13.4 Å². The zero-order chi connectivity index (χ0) is 11.0. The second-order valence-corrected chi connectivity index (χ2v) is 4.25. The van der Waals surface area contributed by atoms with E-state index in [4.69, 9.17) is 5.73 Å². The molecule has 0 fully saturated rings. The van der Waals surface area contributed by atoms with Gasteiger partial charge in [0.15, 0.2) is 0 Å². The summed E-state index contributed by atoms with van der Waals surface area (Å²) in [6.45, 7) is 0. The maximum Gasteiger partial charge on any atom is 0.502 e. The van der Waals surface area contributed by atoms with Crippen LogP contribution in [-0.2, 0) is 9.84 Å². The summed E-state index contributed by atoms with van der Waals surface area (Å²) in [5.74, 6) is -0.662. The van der Waals surface area contributed by atoms with Crippen molar-refractivity contribution in [2.75, 3.05) is 5.73 Å². The van der Waals surface area contributed by atoms with Crippen LogP contribution in [0.5, 0.6) is 0 Å². The number of nitrogens with two attached hydrogens (primary N) is 1. The second-order valence-electron chi connectivity index (χ2n) is 2.34. The third-order valence-electron chi connectivity index (χ3n) is 1.39. The molecule has 1 aromatic heterocycles. The van der Waals surface area contributed by atoms with Gasteiger partial charge in [-0.15, -0.1) is 0 Å². The maximum absolute atomic E-state index is 12.0. The molecule has 0 atom stereocenters. The van der Waals surface area contributed by atoms with E-state index in [1.54, 1.807) is 0 Å². The smallest absolute Gasteiger partial charge is 0.383 e. The summed E-state index contributed by atoms with van der Waals surface area (Å²) in [6, 6.07) is 1.82. The third-order valence-corrected chi connectivity index (χ3v) is 2.93. The Kier molecular flexibility index (Phi) is 2.40. The highest BCUT2D eigenvalue weighted by Crippen LogP contribution is 2.31. The Morgan fingerprint density at radius 2 is 1.93 bits per heavy atom. The average molecular weight is 226 g/mol. The molecule has 0 radical (unpaired) electrons. The third kappa shape index (κ3) is 1.65. The van der Waals surface area contributed by atoms with E-state index in [1.165, 1.54) is 0 Å². The predicted octanol–water partition coefficient (Wildman–Crippen LogP) is 0.957. The number of hydrogen-bond acceptors (Lipinski definition) is 4. The number of sulfone groups is 1. The van der Waals surface area contributed by atoms with Crippen molar-refractivity contribution in [2.45, 2.75) is 10.4 Å². The van der Waals surface area contributed by atoms with Gasteiger partial charge >= 0.3 is 5.51 Å². The van der Waals surface area contributed by atoms with Crippen LogP contribution in [0.2, 0.25) is 0 Å². The molecule has 0 amide bonds. The number of aromatic nitrogens is 1. The zero-order valence-corrected chi connectivity index (χ0v) is 7.43. The van der Waals surface area contributed by atoms with Crippen LogP contribution < -0.4 is 5.73 Å². The Morgan fingerprint density at radius 3 is 2.36 bits per heavy atom. The molecule has 1 aromatic rings. The normalized spacial score (nSPS) is 12.8. The number of pyridine rings is 1. The van der Waals surface area contributed by atoms with Crippen LogP contribution in [0.25, 0.3) is 0 Å². The average Bonchev–Trinajstić information content (AvgIpc) is 2.02. The van der Waals surface area contributed by atoms with E-state index in [0.29, 0.717) is 0 Å². The fraction of sp³-hybridized carbons (Fsp3) is 0.167. The lowest BCUT2D eigenvalue weighted by Crippen LogP contribution is -2.24. The monoisotopic (exact) mass is 226 g/mol. The number of nitrogen functional groups attached to an aromatic ring is 1. The molecule has 14 heavy (non-hydrogen) atoms. The Balaban J connectivity index is 3.40. The van der Waals surface area contributed by atoms with E-state index < -0.39 is 26.1 Å². The molecule has 0 aromatic carbocycles. The van der Waals surface area contributed by atoms with Crippen molar-refractivity contribution in [1.29, 1.82) is 0 Å². The Hall–Kier alpha value is -1.31. The fourth-order valence-corrected chi connectivity index (χ4v) is 1.59. The van der Waals surface area contributed by atoms with Gasteiger partial charge in [-0.1, -0.05) is 0 Å². The SMILES string of the molecule is Nc1ncccc1S(=O)(=O)C(F)(F)F. The number of nitrogens with zero attached hydrogens (tertiary/aromatic N) is 1. The first-order valence-corrected chi connectivity index (χ1v) is 4.77. The minimum absolute atomic E-state index is 0.662. The van der Waals surface area contributed by atoms with Gasteiger partial charge < -0.3 is 5.73 Å². The fourth-order valence-electron chi connectivity index (χ4n) is 0.755. The first-order chi connectivity index (χ1) is 6.27. The zero-order valence-electron chi connectivity index (χ0n) is 6.62. The van der Waals surface area contributed by atoms with Crippen molar-refractivity contribution >= 4 is 15.7 Å². The first-order valence-electron chi connectivity index (χ1n) is 3.28. The predicted molar refractivity (Wildman–Crippen MR) is 41.9 cm³/mol. The van der Waals surface area contributed by atoms with E-state index in [0.717, 1.165) is 18.3 Å². The lowest BCUT2D eigenvalue weighted by atomic mass is 10.5. The molecule has 0 spiro atoms. The number of anilines is 1. The quantitative estimate of drug-likeness (QED) is 0.773. The van der Waals surface area contributed by atoms with Crippen LogP contribution in [-0.4, -0.2) is 18.9 Å². The molecule has 8 heteroatoms. The van der Waals surface area contributed by atoms with Gasteiger partial charge in [-0.3, -0.25) is 0 Å². The van der Waals surface area contributed by atoms with Crippen LogP contribution in [0, 0.1) is 0 Å². The number of rotatable bonds is 1. The summed E-state index contributed by atoms with van der Waals surface area (Å²) in [7, 11) is -5.39. The Labute approximate surface area is 77.5 Å². The van der Waals surface area contributed by atoms with Gasteiger partial charge in [0, 0.05) is 6.20 Å². The standard InChI is InChI=1S/C6H5F3N2O2S/c7-6(8,9)14(12,13)4-2-1-3-11-5(4)10/h1-3H,(H2,10,11). The number of halogens is 3. The molecule has 0 saturated heterocycles. The lowest BCUT2D eigenvalue weighted by molar-refractivity contribution is -0.0435. The molecule has 1 rings (SSSR count). The van der Waals surface area contributed by atoms with Crippen LogP contribution in [0.1, 0.15) is 0 Å². The highest BCUT2D eigenvalue weighted by atomic mass is 32.2. The Bertz CT molecular complexity index is 441. The van der Waals surface area contributed by atoms with E-state index >= 15 is 0 Å². The molecule has 2 N–H and O–H groups in total. The summed E-state index contributed by atoms with van der Waals surface area (Å²) < 4.78 is 57.7. The molecule has 78 valence electrons. The molecule has 1 heterocycles. The van der Waals surface area contributed by atoms with Crippen LogP contribution >= 0.6 is 0 Å². The summed E-state index contributed by atoms with van der Waals surface area (Å²) in [5, 5.41) is 0. The second kappa shape index (κ2) is 3.12. The Morgan fingerprint density at radius 1 is 1.36 bits per heavy atom. The highest BCUT2D eigenvalue weighted by molar-refractivity contribution is 7.92. The number of hydrogen-bond donors (Lipinski definition) is 1. The summed E-state index contributed by atoms with van der Waals surface area (Å²) in [5.41, 5.74) is -0.344. The molecule has 0 bridgehead atoms. The molecular formula is C6H5F3N2O2S. The summed E-state index contributed by atoms with van der Waals surface area (Å²) in [4.78, 5) is 2.24. The van der Waals surface area contributed by atoms with Crippen molar-refractivity contribution in [1.82, 2.24) is 4.98 Å². The molecular weight excluding hydrogens is 221 g/mol. The van der Waals surface area contributed by atoms with Gasteiger partial charge in [0.1, 0.15) is 10.7 Å². The molecule has 4 nitrogen and oxygen atoms in total. The maximum atomic E-state index is 12.0. The first kappa shape index (κ1) is 10.8. The van der Waals surface area contributed by atoms with Crippen LogP contribution in [0.4, 0.5) is 19.0 Å². The molecule has 0 saturated carbocycles. The van der Waals surface area contributed by atoms with E-state index in [2.05, 4.69) is 4.98 Å². The van der Waals surface area contributed by atoms with E-state index in [-0.39, 0.29) is 0 Å². The van der Waals surface area contributed by atoms with Crippen molar-refractivity contribution in [2.24, 2.45) is 0 Å². The van der Waals surface area contributed by atoms with Gasteiger partial charge in [0.05, 0.1) is 0 Å².